The Bertz CT molecular complexity index is 1160. The maximum atomic E-state index is 13.3. The Morgan fingerprint density at radius 3 is 2.29 bits per heavy atom. The molecule has 0 aliphatic heterocycles. The van der Waals surface area contributed by atoms with Crippen LogP contribution in [-0.4, -0.2) is 10.9 Å². The Hall–Kier alpha value is -3.32. The van der Waals surface area contributed by atoms with Gasteiger partial charge >= 0.3 is 0 Å². The van der Waals surface area contributed by atoms with Crippen LogP contribution in [0, 0.1) is 11.6 Å². The van der Waals surface area contributed by atoms with Crippen molar-refractivity contribution < 1.29 is 18.3 Å². The van der Waals surface area contributed by atoms with Gasteiger partial charge in [-0.3, -0.25) is 4.79 Å². The number of benzene rings is 2. The van der Waals surface area contributed by atoms with E-state index in [0.29, 0.717) is 11.3 Å². The number of fused-ring (bicyclic) bond motifs is 1. The molecule has 2 N–H and O–H groups in total. The number of rotatable bonds is 5. The number of nitrogens with zero attached hydrogens (tertiary/aromatic N) is 1. The number of halogens is 2. The van der Waals surface area contributed by atoms with Gasteiger partial charge in [0, 0.05) is 10.4 Å². The van der Waals surface area contributed by atoms with E-state index in [2.05, 4.69) is 4.98 Å². The number of aromatic nitrogens is 1. The number of carbonyl (C=O) groups excluding carboxylic acids is 1. The number of primary amides is 1. The highest BCUT2D eigenvalue weighted by molar-refractivity contribution is 7.19. The molecule has 0 unspecified atom stereocenters. The second kappa shape index (κ2) is 7.36. The van der Waals surface area contributed by atoms with Crippen molar-refractivity contribution in [1.82, 2.24) is 4.98 Å². The first-order chi connectivity index (χ1) is 13.5. The lowest BCUT2D eigenvalue weighted by atomic mass is 10.0. The number of pyridine rings is 1. The van der Waals surface area contributed by atoms with E-state index in [4.69, 9.17) is 10.5 Å². The van der Waals surface area contributed by atoms with Crippen LogP contribution < -0.4 is 10.5 Å². The van der Waals surface area contributed by atoms with Crippen molar-refractivity contribution in [2.24, 2.45) is 5.73 Å². The van der Waals surface area contributed by atoms with Crippen molar-refractivity contribution in [2.75, 3.05) is 0 Å². The van der Waals surface area contributed by atoms with Crippen molar-refractivity contribution in [3.8, 4) is 16.9 Å². The molecule has 0 atom stereocenters. The summed E-state index contributed by atoms with van der Waals surface area (Å²) < 4.78 is 32.8. The zero-order valence-corrected chi connectivity index (χ0v) is 15.3. The Morgan fingerprint density at radius 1 is 1.00 bits per heavy atom. The average Bonchev–Trinajstić information content (AvgIpc) is 3.10. The summed E-state index contributed by atoms with van der Waals surface area (Å²) in [6.45, 7) is 0.265. The van der Waals surface area contributed by atoms with Gasteiger partial charge in [0.1, 0.15) is 29.7 Å². The molecule has 1 amide bonds. The van der Waals surface area contributed by atoms with E-state index >= 15 is 0 Å². The van der Waals surface area contributed by atoms with E-state index in [1.54, 1.807) is 30.3 Å². The van der Waals surface area contributed by atoms with Crippen molar-refractivity contribution in [3.05, 3.63) is 82.9 Å². The molecule has 0 bridgehead atoms. The predicted molar refractivity (Wildman–Crippen MR) is 104 cm³/mol. The molecular formula is C21H14F2N2O2S. The van der Waals surface area contributed by atoms with Crippen LogP contribution >= 0.6 is 11.3 Å². The number of ether oxygens (including phenoxy) is 1. The fourth-order valence-corrected chi connectivity index (χ4v) is 3.84. The third-order valence-corrected chi connectivity index (χ3v) is 5.26. The molecule has 2 heterocycles. The van der Waals surface area contributed by atoms with Gasteiger partial charge in [0.25, 0.3) is 5.91 Å². The second-order valence-corrected chi connectivity index (χ2v) is 7.23. The van der Waals surface area contributed by atoms with E-state index in [1.807, 2.05) is 6.07 Å². The van der Waals surface area contributed by atoms with Crippen LogP contribution in [0.5, 0.6) is 5.75 Å². The van der Waals surface area contributed by atoms with Crippen LogP contribution in [0.15, 0.2) is 60.7 Å². The second-order valence-electron chi connectivity index (χ2n) is 6.10. The molecule has 7 heteroatoms. The summed E-state index contributed by atoms with van der Waals surface area (Å²) in [7, 11) is 0. The first-order valence-electron chi connectivity index (χ1n) is 8.37. The first kappa shape index (κ1) is 18.1. The van der Waals surface area contributed by atoms with Gasteiger partial charge in [-0.25, -0.2) is 13.8 Å². The van der Waals surface area contributed by atoms with Crippen molar-refractivity contribution in [3.63, 3.8) is 0 Å². The van der Waals surface area contributed by atoms with Crippen molar-refractivity contribution >= 4 is 27.5 Å². The average molecular weight is 396 g/mol. The van der Waals surface area contributed by atoms with Gasteiger partial charge < -0.3 is 10.5 Å². The van der Waals surface area contributed by atoms with Gasteiger partial charge in [0.15, 0.2) is 0 Å². The SMILES string of the molecule is NC(=O)c1cc(-c2ccc(F)cc2)c2sc(COc3ccc(F)cc3)cc2n1. The van der Waals surface area contributed by atoms with E-state index in [9.17, 15) is 13.6 Å². The molecule has 140 valence electrons. The molecule has 0 saturated heterocycles. The van der Waals surface area contributed by atoms with E-state index in [-0.39, 0.29) is 23.9 Å². The molecule has 0 aliphatic rings. The van der Waals surface area contributed by atoms with Gasteiger partial charge in [0.2, 0.25) is 0 Å². The molecule has 2 aromatic heterocycles. The van der Waals surface area contributed by atoms with Crippen LogP contribution in [0.2, 0.25) is 0 Å². The molecular weight excluding hydrogens is 382 g/mol. The monoisotopic (exact) mass is 396 g/mol. The van der Waals surface area contributed by atoms with Gasteiger partial charge in [-0.2, -0.15) is 0 Å². The lowest BCUT2D eigenvalue weighted by molar-refractivity contribution is 0.0996. The number of carbonyl (C=O) groups is 1. The number of thiophene rings is 1. The molecule has 0 fully saturated rings. The first-order valence-corrected chi connectivity index (χ1v) is 9.19. The van der Waals surface area contributed by atoms with Gasteiger partial charge in [-0.15, -0.1) is 11.3 Å². The molecule has 2 aromatic carbocycles. The molecule has 0 saturated carbocycles. The van der Waals surface area contributed by atoms with E-state index in [0.717, 1.165) is 20.7 Å². The summed E-state index contributed by atoms with van der Waals surface area (Å²) >= 11 is 1.46. The van der Waals surface area contributed by atoms with Crippen LogP contribution in [0.25, 0.3) is 21.3 Å². The normalized spacial score (nSPS) is 10.9. The fourth-order valence-electron chi connectivity index (χ4n) is 2.80. The summed E-state index contributed by atoms with van der Waals surface area (Å²) in [4.78, 5) is 16.9. The quantitative estimate of drug-likeness (QED) is 0.521. The maximum Gasteiger partial charge on any atom is 0.267 e. The third-order valence-electron chi connectivity index (χ3n) is 4.13. The Kier molecular flexibility index (Phi) is 4.75. The molecule has 4 rings (SSSR count). The predicted octanol–water partition coefficient (Wildman–Crippen LogP) is 4.92. The highest BCUT2D eigenvalue weighted by atomic mass is 32.1. The van der Waals surface area contributed by atoms with Crippen LogP contribution in [0.4, 0.5) is 8.78 Å². The number of nitrogens with two attached hydrogens (primary N) is 1. The van der Waals surface area contributed by atoms with E-state index in [1.165, 1.54) is 35.6 Å². The van der Waals surface area contributed by atoms with E-state index < -0.39 is 5.91 Å². The van der Waals surface area contributed by atoms with Crippen molar-refractivity contribution in [2.45, 2.75) is 6.61 Å². The number of hydrogen-bond donors (Lipinski definition) is 1. The lowest BCUT2D eigenvalue weighted by Crippen LogP contribution is -2.13. The molecule has 0 spiro atoms. The highest BCUT2D eigenvalue weighted by Crippen LogP contribution is 2.35. The van der Waals surface area contributed by atoms with Crippen LogP contribution in [-0.2, 0) is 6.61 Å². The molecule has 0 radical (unpaired) electrons. The number of amides is 1. The minimum Gasteiger partial charge on any atom is -0.488 e. The third kappa shape index (κ3) is 3.70. The fraction of sp³-hybridized carbons (Fsp3) is 0.0476. The maximum absolute atomic E-state index is 13.3. The minimum atomic E-state index is -0.638. The molecule has 4 aromatic rings. The van der Waals surface area contributed by atoms with Crippen molar-refractivity contribution in [1.29, 1.82) is 0 Å². The molecule has 4 nitrogen and oxygen atoms in total. The minimum absolute atomic E-state index is 0.135. The highest BCUT2D eigenvalue weighted by Gasteiger charge is 2.15. The Morgan fingerprint density at radius 2 is 1.64 bits per heavy atom. The summed E-state index contributed by atoms with van der Waals surface area (Å²) in [5.74, 6) is -0.769. The topological polar surface area (TPSA) is 65.2 Å². The molecule has 28 heavy (non-hydrogen) atoms. The zero-order valence-electron chi connectivity index (χ0n) is 14.5. The van der Waals surface area contributed by atoms with Crippen LogP contribution in [0.1, 0.15) is 15.4 Å². The van der Waals surface area contributed by atoms with Crippen LogP contribution in [0.3, 0.4) is 0 Å². The molecule has 0 aliphatic carbocycles. The van der Waals surface area contributed by atoms with Gasteiger partial charge in [0.05, 0.1) is 10.2 Å². The summed E-state index contributed by atoms with van der Waals surface area (Å²) in [5.41, 5.74) is 7.66. The Labute approximate surface area is 163 Å². The lowest BCUT2D eigenvalue weighted by Gasteiger charge is -2.05. The van der Waals surface area contributed by atoms with Gasteiger partial charge in [-0.05, 0) is 54.1 Å². The Balaban J connectivity index is 1.72. The standard InChI is InChI=1S/C21H14F2N2O2S/c22-13-3-1-12(2-4-13)17-10-19(21(24)26)25-18-9-16(28-20(17)18)11-27-15-7-5-14(23)6-8-15/h1-10H,11H2,(H2,24,26). The smallest absolute Gasteiger partial charge is 0.267 e. The van der Waals surface area contributed by atoms with Gasteiger partial charge in [-0.1, -0.05) is 12.1 Å². The summed E-state index contributed by atoms with van der Waals surface area (Å²) in [6, 6.07) is 15.2. The zero-order chi connectivity index (χ0) is 19.7. The summed E-state index contributed by atoms with van der Waals surface area (Å²) in [6.07, 6.45) is 0. The summed E-state index contributed by atoms with van der Waals surface area (Å²) in [5, 5.41) is 0. The number of hydrogen-bond acceptors (Lipinski definition) is 4. The largest absolute Gasteiger partial charge is 0.488 e.